The molecule has 0 radical (unpaired) electrons. The number of alkyl halides is 3. The Bertz CT molecular complexity index is 1300. The molecule has 0 aliphatic carbocycles. The number of carbonyl (C=O) groups is 2. The summed E-state index contributed by atoms with van der Waals surface area (Å²) < 4.78 is 38.7. The zero-order chi connectivity index (χ0) is 24.7. The van der Waals surface area contributed by atoms with E-state index in [9.17, 15) is 18.0 Å². The molecule has 8 nitrogen and oxygen atoms in total. The number of carbonyl (C=O) groups excluding carboxylic acids is 1. The number of aromatic nitrogens is 3. The molecule has 0 spiro atoms. The number of imidazole rings is 1. The number of pyridine rings is 2. The molecule has 0 saturated carbocycles. The van der Waals surface area contributed by atoms with E-state index in [1.165, 1.54) is 0 Å². The molecular weight excluding hydrogens is 451 g/mol. The van der Waals surface area contributed by atoms with Gasteiger partial charge in [-0.3, -0.25) is 14.2 Å². The molecular formula is C23H20F3N5O3. The van der Waals surface area contributed by atoms with Crippen LogP contribution in [0.25, 0.3) is 28.0 Å². The normalized spacial score (nSPS) is 10.8. The Morgan fingerprint density at radius 2 is 1.82 bits per heavy atom. The topological polar surface area (TPSA) is 109 Å². The number of amides is 2. The first kappa shape index (κ1) is 24.2. The lowest BCUT2D eigenvalue weighted by Crippen LogP contribution is -2.36. The molecule has 1 aromatic carbocycles. The molecule has 3 N–H and O–H groups in total. The Morgan fingerprint density at radius 3 is 2.53 bits per heavy atom. The average molecular weight is 471 g/mol. The van der Waals surface area contributed by atoms with Gasteiger partial charge >= 0.3 is 12.2 Å². The Morgan fingerprint density at radius 1 is 1.09 bits per heavy atom. The summed E-state index contributed by atoms with van der Waals surface area (Å²) in [4.78, 5) is 28.8. The van der Waals surface area contributed by atoms with Gasteiger partial charge in [-0.15, -0.1) is 0 Å². The summed E-state index contributed by atoms with van der Waals surface area (Å²) in [6, 6.07) is 13.8. The van der Waals surface area contributed by atoms with Crippen LogP contribution in [0.3, 0.4) is 0 Å². The maximum atomic E-state index is 12.3. The molecule has 3 aromatic heterocycles. The second-order valence-corrected chi connectivity index (χ2v) is 7.08. The van der Waals surface area contributed by atoms with Crippen LogP contribution in [0.1, 0.15) is 5.69 Å². The first-order valence-corrected chi connectivity index (χ1v) is 9.90. The molecule has 11 heteroatoms. The van der Waals surface area contributed by atoms with Crippen molar-refractivity contribution >= 4 is 23.8 Å². The highest BCUT2D eigenvalue weighted by atomic mass is 19.4. The first-order chi connectivity index (χ1) is 16.2. The van der Waals surface area contributed by atoms with Gasteiger partial charge in [0.05, 0.1) is 11.9 Å². The number of hydrogen-bond donors (Lipinski definition) is 3. The van der Waals surface area contributed by atoms with Gasteiger partial charge in [0.25, 0.3) is 6.47 Å². The van der Waals surface area contributed by atoms with E-state index < -0.39 is 18.8 Å². The molecule has 0 fully saturated rings. The Labute approximate surface area is 192 Å². The minimum atomic E-state index is -4.47. The number of benzene rings is 1. The number of hydrogen-bond acceptors (Lipinski definition) is 4. The van der Waals surface area contributed by atoms with Gasteiger partial charge in [-0.25, -0.2) is 9.78 Å². The van der Waals surface area contributed by atoms with Gasteiger partial charge < -0.3 is 15.7 Å². The van der Waals surface area contributed by atoms with Crippen LogP contribution in [-0.2, 0) is 4.79 Å². The van der Waals surface area contributed by atoms with Gasteiger partial charge in [0.15, 0.2) is 0 Å². The lowest BCUT2D eigenvalue weighted by molar-refractivity contribution is -0.123. The van der Waals surface area contributed by atoms with Crippen molar-refractivity contribution < 1.29 is 27.9 Å². The molecule has 0 bridgehead atoms. The maximum Gasteiger partial charge on any atom is 0.405 e. The standard InChI is InChI=1S/C22H18F3N5O.CH2O2/c1-14-9-15(5-7-26-14)16-6-8-30-19(12-27-20(30)11-16)17-3-2-4-18(10-17)29-21(31)28-13-22(23,24)25;2-1-3/h2-12H,13H2,1H3,(H2,28,29,31);1H,(H,2,3). The van der Waals surface area contributed by atoms with Crippen molar-refractivity contribution in [3.05, 3.63) is 72.8 Å². The van der Waals surface area contributed by atoms with Crippen molar-refractivity contribution in [1.29, 1.82) is 0 Å². The lowest BCUT2D eigenvalue weighted by atomic mass is 10.1. The number of urea groups is 1. The van der Waals surface area contributed by atoms with E-state index in [2.05, 4.69) is 15.3 Å². The summed E-state index contributed by atoms with van der Waals surface area (Å²) in [5.41, 5.74) is 5.62. The summed E-state index contributed by atoms with van der Waals surface area (Å²) in [5, 5.41) is 11.1. The van der Waals surface area contributed by atoms with Gasteiger partial charge in [0, 0.05) is 29.3 Å². The predicted molar refractivity (Wildman–Crippen MR) is 120 cm³/mol. The van der Waals surface area contributed by atoms with Crippen molar-refractivity contribution in [2.75, 3.05) is 11.9 Å². The zero-order valence-electron chi connectivity index (χ0n) is 17.9. The van der Waals surface area contributed by atoms with E-state index in [0.717, 1.165) is 33.7 Å². The van der Waals surface area contributed by atoms with Crippen LogP contribution in [0.5, 0.6) is 0 Å². The third kappa shape index (κ3) is 6.31. The Balaban J connectivity index is 0.00000103. The SMILES string of the molecule is Cc1cc(-c2ccn3c(-c4cccc(NC(=O)NCC(F)(F)F)c4)cnc3c2)ccn1.O=CO. The van der Waals surface area contributed by atoms with Crippen LogP contribution in [-0.4, -0.2) is 44.7 Å². The van der Waals surface area contributed by atoms with Crippen molar-refractivity contribution in [3.63, 3.8) is 0 Å². The molecule has 0 aliphatic rings. The highest BCUT2D eigenvalue weighted by Crippen LogP contribution is 2.27. The minimum Gasteiger partial charge on any atom is -0.483 e. The Hall–Kier alpha value is -4.41. The summed E-state index contributed by atoms with van der Waals surface area (Å²) in [6.45, 7) is 0.283. The molecule has 0 aliphatic heterocycles. The fourth-order valence-electron chi connectivity index (χ4n) is 3.21. The Kier molecular flexibility index (Phi) is 7.46. The molecule has 0 unspecified atom stereocenters. The van der Waals surface area contributed by atoms with E-state index in [1.54, 1.807) is 35.9 Å². The van der Waals surface area contributed by atoms with Crippen LogP contribution in [0, 0.1) is 6.92 Å². The highest BCUT2D eigenvalue weighted by molar-refractivity contribution is 5.90. The monoisotopic (exact) mass is 471 g/mol. The molecule has 4 aromatic rings. The van der Waals surface area contributed by atoms with E-state index >= 15 is 0 Å². The predicted octanol–water partition coefficient (Wildman–Crippen LogP) is 4.76. The summed E-state index contributed by atoms with van der Waals surface area (Å²) in [7, 11) is 0. The molecule has 0 atom stereocenters. The number of rotatable bonds is 4. The second kappa shape index (κ2) is 10.5. The van der Waals surface area contributed by atoms with Crippen LogP contribution in [0.4, 0.5) is 23.7 Å². The maximum absolute atomic E-state index is 12.3. The van der Waals surface area contributed by atoms with Crippen LogP contribution >= 0.6 is 0 Å². The lowest BCUT2D eigenvalue weighted by Gasteiger charge is -2.11. The smallest absolute Gasteiger partial charge is 0.405 e. The summed E-state index contributed by atoms with van der Waals surface area (Å²) >= 11 is 0. The first-order valence-electron chi connectivity index (χ1n) is 9.90. The highest BCUT2D eigenvalue weighted by Gasteiger charge is 2.27. The number of fused-ring (bicyclic) bond motifs is 1. The quantitative estimate of drug-likeness (QED) is 0.372. The largest absolute Gasteiger partial charge is 0.483 e. The van der Waals surface area contributed by atoms with Gasteiger partial charge in [0.2, 0.25) is 0 Å². The fraction of sp³-hybridized carbons (Fsp3) is 0.130. The van der Waals surface area contributed by atoms with E-state index in [4.69, 9.17) is 9.90 Å². The van der Waals surface area contributed by atoms with E-state index in [1.807, 2.05) is 47.9 Å². The van der Waals surface area contributed by atoms with Crippen LogP contribution in [0.15, 0.2) is 67.1 Å². The zero-order valence-corrected chi connectivity index (χ0v) is 17.9. The van der Waals surface area contributed by atoms with Crippen LogP contribution in [0.2, 0.25) is 0 Å². The fourth-order valence-corrected chi connectivity index (χ4v) is 3.21. The second-order valence-electron chi connectivity index (χ2n) is 7.08. The van der Waals surface area contributed by atoms with E-state index in [-0.39, 0.29) is 6.47 Å². The van der Waals surface area contributed by atoms with Crippen molar-refractivity contribution in [2.24, 2.45) is 0 Å². The molecule has 176 valence electrons. The number of anilines is 1. The molecule has 0 saturated heterocycles. The van der Waals surface area contributed by atoms with Gasteiger partial charge in [-0.2, -0.15) is 13.2 Å². The minimum absolute atomic E-state index is 0.250. The number of halogens is 3. The van der Waals surface area contributed by atoms with Gasteiger partial charge in [0.1, 0.15) is 12.2 Å². The number of nitrogens with one attached hydrogen (secondary N) is 2. The van der Waals surface area contributed by atoms with Crippen molar-refractivity contribution in [2.45, 2.75) is 13.1 Å². The molecule has 3 heterocycles. The molecule has 4 rings (SSSR count). The number of aryl methyl sites for hydroxylation is 1. The van der Waals surface area contributed by atoms with Gasteiger partial charge in [-0.05, 0) is 54.4 Å². The molecule has 34 heavy (non-hydrogen) atoms. The number of nitrogens with zero attached hydrogens (tertiary/aromatic N) is 3. The van der Waals surface area contributed by atoms with Crippen molar-refractivity contribution in [1.82, 2.24) is 19.7 Å². The summed E-state index contributed by atoms with van der Waals surface area (Å²) in [6.07, 6.45) is 0.900. The average Bonchev–Trinajstić information content (AvgIpc) is 3.21. The van der Waals surface area contributed by atoms with Crippen molar-refractivity contribution in [3.8, 4) is 22.4 Å². The van der Waals surface area contributed by atoms with Gasteiger partial charge in [-0.1, -0.05) is 12.1 Å². The third-order valence-electron chi connectivity index (χ3n) is 4.61. The number of carboxylic acid groups (broad SMARTS) is 1. The van der Waals surface area contributed by atoms with Crippen LogP contribution < -0.4 is 10.6 Å². The van der Waals surface area contributed by atoms with E-state index in [0.29, 0.717) is 5.69 Å². The molecule has 2 amide bonds. The summed E-state index contributed by atoms with van der Waals surface area (Å²) in [5.74, 6) is 0. The third-order valence-corrected chi connectivity index (χ3v) is 4.61.